The number of benzene rings is 1. The first-order valence-electron chi connectivity index (χ1n) is 8.13. The third-order valence-electron chi connectivity index (χ3n) is 4.33. The molecule has 0 spiro atoms. The van der Waals surface area contributed by atoms with E-state index in [2.05, 4.69) is 14.9 Å². The van der Waals surface area contributed by atoms with Crippen molar-refractivity contribution in [1.82, 2.24) is 19.5 Å². The largest absolute Gasteiger partial charge is 0.478 e. The van der Waals surface area contributed by atoms with Crippen LogP contribution in [0.25, 0.3) is 0 Å². The molecule has 0 amide bonds. The van der Waals surface area contributed by atoms with E-state index in [0.29, 0.717) is 11.4 Å². The van der Waals surface area contributed by atoms with E-state index in [-0.39, 0.29) is 17.0 Å². The summed E-state index contributed by atoms with van der Waals surface area (Å²) in [5, 5.41) is 17.3. The van der Waals surface area contributed by atoms with E-state index >= 15 is 0 Å². The Labute approximate surface area is 145 Å². The van der Waals surface area contributed by atoms with Gasteiger partial charge in [-0.25, -0.2) is 17.9 Å². The third-order valence-corrected chi connectivity index (χ3v) is 5.87. The highest BCUT2D eigenvalue weighted by molar-refractivity contribution is 7.89. The second kappa shape index (κ2) is 6.93. The number of rotatable bonds is 5. The number of aromatic carboxylic acids is 1. The Morgan fingerprint density at radius 1 is 1.28 bits per heavy atom. The number of sulfonamides is 1. The molecule has 1 aromatic heterocycles. The van der Waals surface area contributed by atoms with E-state index in [9.17, 15) is 13.2 Å². The van der Waals surface area contributed by atoms with Gasteiger partial charge in [-0.3, -0.25) is 0 Å². The molecule has 3 rings (SSSR count). The zero-order valence-corrected chi connectivity index (χ0v) is 14.7. The van der Waals surface area contributed by atoms with Crippen LogP contribution in [-0.4, -0.2) is 34.3 Å². The fourth-order valence-corrected chi connectivity index (χ4v) is 4.18. The molecule has 0 saturated carbocycles. The molecule has 2 aromatic rings. The van der Waals surface area contributed by atoms with Crippen molar-refractivity contribution in [2.45, 2.75) is 50.6 Å². The lowest BCUT2D eigenvalue weighted by molar-refractivity contribution is 0.0696. The zero-order chi connectivity index (χ0) is 18.0. The van der Waals surface area contributed by atoms with Crippen LogP contribution in [0.15, 0.2) is 23.1 Å². The van der Waals surface area contributed by atoms with E-state index in [4.69, 9.17) is 5.11 Å². The van der Waals surface area contributed by atoms with Crippen molar-refractivity contribution in [3.05, 3.63) is 41.0 Å². The maximum absolute atomic E-state index is 12.6. The number of carboxylic acids is 1. The second-order valence-electron chi connectivity index (χ2n) is 6.10. The van der Waals surface area contributed by atoms with Crippen LogP contribution in [0.4, 0.5) is 0 Å². The minimum absolute atomic E-state index is 0.0199. The molecule has 2 N–H and O–H groups in total. The van der Waals surface area contributed by atoms with Gasteiger partial charge in [0.05, 0.1) is 17.0 Å². The van der Waals surface area contributed by atoms with Gasteiger partial charge >= 0.3 is 5.97 Å². The van der Waals surface area contributed by atoms with Crippen molar-refractivity contribution >= 4 is 16.0 Å². The average molecular weight is 364 g/mol. The van der Waals surface area contributed by atoms with E-state index in [0.717, 1.165) is 38.1 Å². The maximum Gasteiger partial charge on any atom is 0.335 e. The van der Waals surface area contributed by atoms with E-state index in [1.807, 2.05) is 4.57 Å². The lowest BCUT2D eigenvalue weighted by atomic mass is 10.1. The molecule has 0 unspecified atom stereocenters. The first kappa shape index (κ1) is 17.6. The van der Waals surface area contributed by atoms with Crippen molar-refractivity contribution in [2.75, 3.05) is 0 Å². The number of hydrogen-bond acceptors (Lipinski definition) is 5. The molecule has 0 aliphatic carbocycles. The van der Waals surface area contributed by atoms with Crippen LogP contribution in [0, 0.1) is 6.92 Å². The molecule has 1 aliphatic rings. The highest BCUT2D eigenvalue weighted by Gasteiger charge is 2.21. The van der Waals surface area contributed by atoms with Crippen LogP contribution in [-0.2, 0) is 29.5 Å². The Morgan fingerprint density at radius 3 is 2.84 bits per heavy atom. The van der Waals surface area contributed by atoms with Gasteiger partial charge in [0.25, 0.3) is 0 Å². The summed E-state index contributed by atoms with van der Waals surface area (Å²) in [6.45, 7) is 2.43. The molecule has 8 nitrogen and oxygen atoms in total. The molecule has 0 bridgehead atoms. The smallest absolute Gasteiger partial charge is 0.335 e. The molecule has 1 aromatic carbocycles. The van der Waals surface area contributed by atoms with Gasteiger partial charge < -0.3 is 9.67 Å². The van der Waals surface area contributed by atoms with Gasteiger partial charge in [0.15, 0.2) is 0 Å². The Bertz CT molecular complexity index is 905. The standard InChI is InChI=1S/C16H20N4O4S/c1-11-6-7-12(16(21)22)9-13(11)25(23,24)17-10-15-19-18-14-5-3-2-4-8-20(14)15/h6-7,9,17H,2-5,8,10H2,1H3,(H,21,22). The molecule has 0 radical (unpaired) electrons. The third kappa shape index (κ3) is 3.72. The van der Waals surface area contributed by atoms with Crippen molar-refractivity contribution in [3.63, 3.8) is 0 Å². The topological polar surface area (TPSA) is 114 Å². The van der Waals surface area contributed by atoms with E-state index in [1.54, 1.807) is 6.92 Å². The van der Waals surface area contributed by atoms with Gasteiger partial charge in [0.2, 0.25) is 10.0 Å². The van der Waals surface area contributed by atoms with E-state index < -0.39 is 16.0 Å². The number of aromatic nitrogens is 3. The van der Waals surface area contributed by atoms with Gasteiger partial charge in [-0.05, 0) is 37.5 Å². The van der Waals surface area contributed by atoms with Gasteiger partial charge in [-0.1, -0.05) is 12.5 Å². The Hall–Kier alpha value is -2.26. The fourth-order valence-electron chi connectivity index (χ4n) is 2.94. The summed E-state index contributed by atoms with van der Waals surface area (Å²) in [4.78, 5) is 11.1. The molecule has 0 atom stereocenters. The summed E-state index contributed by atoms with van der Waals surface area (Å²) in [5.41, 5.74) is 0.417. The molecule has 9 heteroatoms. The van der Waals surface area contributed by atoms with Crippen LogP contribution in [0.1, 0.15) is 46.8 Å². The predicted octanol–water partition coefficient (Wildman–Crippen LogP) is 1.49. The summed E-state index contributed by atoms with van der Waals surface area (Å²) < 4.78 is 29.7. The quantitative estimate of drug-likeness (QED) is 0.831. The van der Waals surface area contributed by atoms with Crippen LogP contribution >= 0.6 is 0 Å². The SMILES string of the molecule is Cc1ccc(C(=O)O)cc1S(=O)(=O)NCc1nnc2n1CCCCC2. The Balaban J connectivity index is 1.82. The van der Waals surface area contributed by atoms with Gasteiger partial charge in [-0.2, -0.15) is 0 Å². The van der Waals surface area contributed by atoms with Crippen LogP contribution in [0.2, 0.25) is 0 Å². The molecule has 25 heavy (non-hydrogen) atoms. The van der Waals surface area contributed by atoms with Crippen LogP contribution in [0.3, 0.4) is 0 Å². The van der Waals surface area contributed by atoms with Crippen molar-refractivity contribution < 1.29 is 18.3 Å². The van der Waals surface area contributed by atoms with Crippen LogP contribution in [0.5, 0.6) is 0 Å². The van der Waals surface area contributed by atoms with Crippen LogP contribution < -0.4 is 4.72 Å². The molecule has 0 saturated heterocycles. The van der Waals surface area contributed by atoms with E-state index in [1.165, 1.54) is 18.2 Å². The van der Waals surface area contributed by atoms with Gasteiger partial charge in [0, 0.05) is 13.0 Å². The summed E-state index contributed by atoms with van der Waals surface area (Å²) >= 11 is 0. The molecule has 0 fully saturated rings. The number of fused-ring (bicyclic) bond motifs is 1. The normalized spacial score (nSPS) is 14.8. The van der Waals surface area contributed by atoms with Gasteiger partial charge in [-0.15, -0.1) is 10.2 Å². The summed E-state index contributed by atoms with van der Waals surface area (Å²) in [6, 6.07) is 4.04. The molecular formula is C16H20N4O4S. The average Bonchev–Trinajstić information content (AvgIpc) is 2.80. The number of nitrogens with zero attached hydrogens (tertiary/aromatic N) is 3. The molecule has 1 aliphatic heterocycles. The number of aryl methyl sites for hydroxylation is 2. The Morgan fingerprint density at radius 2 is 2.08 bits per heavy atom. The summed E-state index contributed by atoms with van der Waals surface area (Å²) in [5.74, 6) is 0.294. The maximum atomic E-state index is 12.6. The highest BCUT2D eigenvalue weighted by atomic mass is 32.2. The predicted molar refractivity (Wildman–Crippen MR) is 89.7 cm³/mol. The second-order valence-corrected chi connectivity index (χ2v) is 7.84. The molecule has 134 valence electrons. The number of hydrogen-bond donors (Lipinski definition) is 2. The summed E-state index contributed by atoms with van der Waals surface area (Å²) in [7, 11) is -3.85. The lowest BCUT2D eigenvalue weighted by Gasteiger charge is -2.11. The highest BCUT2D eigenvalue weighted by Crippen LogP contribution is 2.18. The summed E-state index contributed by atoms with van der Waals surface area (Å²) in [6.07, 6.45) is 4.05. The number of nitrogens with one attached hydrogen (secondary N) is 1. The van der Waals surface area contributed by atoms with Crippen molar-refractivity contribution in [3.8, 4) is 0 Å². The number of carboxylic acid groups (broad SMARTS) is 1. The first-order valence-corrected chi connectivity index (χ1v) is 9.61. The minimum atomic E-state index is -3.85. The molecular weight excluding hydrogens is 344 g/mol. The molecule has 2 heterocycles. The van der Waals surface area contributed by atoms with Crippen molar-refractivity contribution in [2.24, 2.45) is 0 Å². The first-order chi connectivity index (χ1) is 11.9. The minimum Gasteiger partial charge on any atom is -0.478 e. The number of carbonyl (C=O) groups is 1. The zero-order valence-electron chi connectivity index (χ0n) is 13.9. The van der Waals surface area contributed by atoms with Gasteiger partial charge in [0.1, 0.15) is 11.6 Å². The Kier molecular flexibility index (Phi) is 4.87. The lowest BCUT2D eigenvalue weighted by Crippen LogP contribution is -2.26. The monoisotopic (exact) mass is 364 g/mol. The fraction of sp³-hybridized carbons (Fsp3) is 0.438. The van der Waals surface area contributed by atoms with Crippen molar-refractivity contribution in [1.29, 1.82) is 0 Å².